The van der Waals surface area contributed by atoms with Crippen LogP contribution in [0, 0.1) is 6.92 Å². The molecule has 0 fully saturated rings. The van der Waals surface area contributed by atoms with Crippen molar-refractivity contribution < 1.29 is 4.79 Å². The molecule has 0 bridgehead atoms. The first-order valence-corrected chi connectivity index (χ1v) is 10.9. The van der Waals surface area contributed by atoms with Crippen LogP contribution >= 0.6 is 11.6 Å². The van der Waals surface area contributed by atoms with Crippen molar-refractivity contribution in [3.05, 3.63) is 102 Å². The Morgan fingerprint density at radius 2 is 1.45 bits per heavy atom. The summed E-state index contributed by atoms with van der Waals surface area (Å²) in [6.07, 6.45) is 0. The van der Waals surface area contributed by atoms with Crippen LogP contribution in [0.1, 0.15) is 5.56 Å². The van der Waals surface area contributed by atoms with Crippen molar-refractivity contribution in [1.82, 2.24) is 9.97 Å². The van der Waals surface area contributed by atoms with Gasteiger partial charge in [0, 0.05) is 22.0 Å². The quantitative estimate of drug-likeness (QED) is 0.264. The zero-order valence-corrected chi connectivity index (χ0v) is 18.6. The molecule has 0 saturated heterocycles. The van der Waals surface area contributed by atoms with E-state index in [9.17, 15) is 4.79 Å². The molecule has 2 amide bonds. The van der Waals surface area contributed by atoms with Crippen LogP contribution in [0.2, 0.25) is 5.02 Å². The van der Waals surface area contributed by atoms with Gasteiger partial charge < -0.3 is 15.6 Å². The van der Waals surface area contributed by atoms with Crippen LogP contribution in [-0.2, 0) is 0 Å². The number of aryl methyl sites for hydroxylation is 1. The normalized spacial score (nSPS) is 10.8. The van der Waals surface area contributed by atoms with E-state index in [1.165, 1.54) is 0 Å². The van der Waals surface area contributed by atoms with Crippen LogP contribution in [0.25, 0.3) is 33.5 Å². The lowest BCUT2D eigenvalue weighted by Gasteiger charge is -2.10. The summed E-state index contributed by atoms with van der Waals surface area (Å²) in [4.78, 5) is 20.6. The number of aromatic nitrogens is 2. The standard InChI is InChI=1S/C27H21ClN4O/c1-17-5-2-10-24-25(17)32-26(31-24)20-8-3-6-18(15-20)19-7-4-9-23(16-19)30-27(33)29-22-13-11-21(28)12-14-22/h2-16H,1H3,(H,31,32)(H2,29,30,33). The molecule has 1 aromatic heterocycles. The van der Waals surface area contributed by atoms with Gasteiger partial charge >= 0.3 is 6.03 Å². The molecule has 5 nitrogen and oxygen atoms in total. The van der Waals surface area contributed by atoms with E-state index in [4.69, 9.17) is 16.6 Å². The molecule has 1 heterocycles. The third kappa shape index (κ3) is 4.59. The number of urea groups is 1. The van der Waals surface area contributed by atoms with E-state index in [-0.39, 0.29) is 6.03 Å². The molecule has 5 aromatic rings. The molecule has 3 N–H and O–H groups in total. The zero-order chi connectivity index (χ0) is 22.8. The lowest BCUT2D eigenvalue weighted by Crippen LogP contribution is -2.19. The number of para-hydroxylation sites is 1. The number of hydrogen-bond donors (Lipinski definition) is 3. The van der Waals surface area contributed by atoms with Crippen LogP contribution in [-0.4, -0.2) is 16.0 Å². The van der Waals surface area contributed by atoms with E-state index in [1.54, 1.807) is 24.3 Å². The van der Waals surface area contributed by atoms with E-state index in [0.29, 0.717) is 16.4 Å². The summed E-state index contributed by atoms with van der Waals surface area (Å²) in [7, 11) is 0. The number of carbonyl (C=O) groups is 1. The number of nitrogens with zero attached hydrogens (tertiary/aromatic N) is 1. The molecule has 0 saturated carbocycles. The van der Waals surface area contributed by atoms with E-state index in [0.717, 1.165) is 39.1 Å². The van der Waals surface area contributed by atoms with Gasteiger partial charge in [0.1, 0.15) is 5.82 Å². The van der Waals surface area contributed by atoms with Crippen molar-refractivity contribution in [3.8, 4) is 22.5 Å². The SMILES string of the molecule is Cc1cccc2[nH]c(-c3cccc(-c4cccc(NC(=O)Nc5ccc(Cl)cc5)c4)c3)nc12. The van der Waals surface area contributed by atoms with Gasteiger partial charge in [-0.25, -0.2) is 9.78 Å². The number of halogens is 1. The van der Waals surface area contributed by atoms with Crippen LogP contribution in [0.3, 0.4) is 0 Å². The summed E-state index contributed by atoms with van der Waals surface area (Å²) in [5, 5.41) is 6.31. The van der Waals surface area contributed by atoms with E-state index >= 15 is 0 Å². The highest BCUT2D eigenvalue weighted by molar-refractivity contribution is 6.30. The molecule has 0 aliphatic carbocycles. The van der Waals surface area contributed by atoms with Gasteiger partial charge in [-0.3, -0.25) is 0 Å². The maximum atomic E-state index is 12.4. The first kappa shape index (κ1) is 20.8. The Balaban J connectivity index is 1.37. The second-order valence-corrected chi connectivity index (χ2v) is 8.24. The van der Waals surface area contributed by atoms with Gasteiger partial charge in [0.05, 0.1) is 11.0 Å². The largest absolute Gasteiger partial charge is 0.338 e. The Morgan fingerprint density at radius 1 is 0.788 bits per heavy atom. The highest BCUT2D eigenvalue weighted by atomic mass is 35.5. The smallest absolute Gasteiger partial charge is 0.323 e. The fourth-order valence-corrected chi connectivity index (χ4v) is 3.89. The Kier molecular flexibility index (Phi) is 5.55. The average molecular weight is 453 g/mol. The Morgan fingerprint density at radius 3 is 2.24 bits per heavy atom. The summed E-state index contributed by atoms with van der Waals surface area (Å²) in [6, 6.07) is 28.7. The Bertz CT molecular complexity index is 1460. The monoisotopic (exact) mass is 452 g/mol. The number of fused-ring (bicyclic) bond motifs is 1. The highest BCUT2D eigenvalue weighted by Crippen LogP contribution is 2.28. The summed E-state index contributed by atoms with van der Waals surface area (Å²) in [5.74, 6) is 0.831. The van der Waals surface area contributed by atoms with E-state index in [2.05, 4.69) is 34.7 Å². The van der Waals surface area contributed by atoms with Crippen molar-refractivity contribution in [1.29, 1.82) is 0 Å². The number of H-pyrrole nitrogens is 1. The topological polar surface area (TPSA) is 69.8 Å². The van der Waals surface area contributed by atoms with Gasteiger partial charge in [0.2, 0.25) is 0 Å². The van der Waals surface area contributed by atoms with E-state index in [1.807, 2.05) is 54.6 Å². The lowest BCUT2D eigenvalue weighted by atomic mass is 10.0. The minimum Gasteiger partial charge on any atom is -0.338 e. The fourth-order valence-electron chi connectivity index (χ4n) is 3.76. The van der Waals surface area contributed by atoms with Gasteiger partial charge in [-0.15, -0.1) is 0 Å². The summed E-state index contributed by atoms with van der Waals surface area (Å²) < 4.78 is 0. The predicted octanol–water partition coefficient (Wildman–Crippen LogP) is 7.50. The predicted molar refractivity (Wildman–Crippen MR) is 136 cm³/mol. The van der Waals surface area contributed by atoms with Gasteiger partial charge in [0.25, 0.3) is 0 Å². The van der Waals surface area contributed by atoms with Gasteiger partial charge in [-0.1, -0.05) is 54.1 Å². The molecule has 0 radical (unpaired) electrons. The van der Waals surface area contributed by atoms with Crippen molar-refractivity contribution in [2.24, 2.45) is 0 Å². The van der Waals surface area contributed by atoms with Crippen molar-refractivity contribution in [2.45, 2.75) is 6.92 Å². The summed E-state index contributed by atoms with van der Waals surface area (Å²) >= 11 is 5.90. The minimum atomic E-state index is -0.319. The fraction of sp³-hybridized carbons (Fsp3) is 0.0370. The van der Waals surface area contributed by atoms with Crippen LogP contribution in [0.5, 0.6) is 0 Å². The number of rotatable bonds is 4. The first-order valence-electron chi connectivity index (χ1n) is 10.5. The summed E-state index contributed by atoms with van der Waals surface area (Å²) in [5.41, 5.74) is 7.54. The van der Waals surface area contributed by atoms with Crippen molar-refractivity contribution in [2.75, 3.05) is 10.6 Å². The number of amides is 2. The number of aromatic amines is 1. The molecule has 5 rings (SSSR count). The third-order valence-corrected chi connectivity index (χ3v) is 5.66. The summed E-state index contributed by atoms with van der Waals surface area (Å²) in [6.45, 7) is 2.06. The molecule has 162 valence electrons. The Hall–Kier alpha value is -4.09. The van der Waals surface area contributed by atoms with Gasteiger partial charge in [-0.2, -0.15) is 0 Å². The van der Waals surface area contributed by atoms with Crippen LogP contribution in [0.15, 0.2) is 91.0 Å². The van der Waals surface area contributed by atoms with Gasteiger partial charge in [-0.05, 0) is 72.1 Å². The van der Waals surface area contributed by atoms with E-state index < -0.39 is 0 Å². The molecule has 0 aliphatic heterocycles. The molecule has 0 aliphatic rings. The van der Waals surface area contributed by atoms with Gasteiger partial charge in [0.15, 0.2) is 0 Å². The molecule has 0 atom stereocenters. The van der Waals surface area contributed by atoms with Crippen LogP contribution in [0.4, 0.5) is 16.2 Å². The molecule has 4 aromatic carbocycles. The minimum absolute atomic E-state index is 0.319. The highest BCUT2D eigenvalue weighted by Gasteiger charge is 2.09. The molecular weight excluding hydrogens is 432 g/mol. The number of benzene rings is 4. The molecule has 6 heteroatoms. The molecule has 0 spiro atoms. The third-order valence-electron chi connectivity index (χ3n) is 5.41. The average Bonchev–Trinajstić information content (AvgIpc) is 3.27. The lowest BCUT2D eigenvalue weighted by molar-refractivity contribution is 0.262. The van der Waals surface area contributed by atoms with Crippen molar-refractivity contribution >= 4 is 40.0 Å². The maximum absolute atomic E-state index is 12.4. The molecule has 33 heavy (non-hydrogen) atoms. The molecule has 0 unspecified atom stereocenters. The first-order chi connectivity index (χ1) is 16.0. The second-order valence-electron chi connectivity index (χ2n) is 7.80. The second kappa shape index (κ2) is 8.81. The van der Waals surface area contributed by atoms with Crippen molar-refractivity contribution in [3.63, 3.8) is 0 Å². The maximum Gasteiger partial charge on any atom is 0.323 e. The van der Waals surface area contributed by atoms with Crippen LogP contribution < -0.4 is 10.6 Å². The number of anilines is 2. The molecular formula is C27H21ClN4O. The number of hydrogen-bond acceptors (Lipinski definition) is 2. The zero-order valence-electron chi connectivity index (χ0n) is 17.9. The number of imidazole rings is 1. The number of carbonyl (C=O) groups excluding carboxylic acids is 1. The number of nitrogens with one attached hydrogen (secondary N) is 3. The Labute approximate surface area is 196 Å².